The average molecular weight is 338 g/mol. The summed E-state index contributed by atoms with van der Waals surface area (Å²) < 4.78 is 0.525. The molecule has 0 saturated heterocycles. The lowest BCUT2D eigenvalue weighted by Gasteiger charge is -2.08. The number of carbonyl (C=O) groups is 1. The summed E-state index contributed by atoms with van der Waals surface area (Å²) >= 11 is 3.20. The number of nitrogens with one attached hydrogen (secondary N) is 2. The van der Waals surface area contributed by atoms with Crippen LogP contribution in [0.1, 0.15) is 0 Å². The van der Waals surface area contributed by atoms with Crippen molar-refractivity contribution in [1.29, 1.82) is 0 Å². The highest BCUT2D eigenvalue weighted by Crippen LogP contribution is 2.27. The molecule has 2 amide bonds. The summed E-state index contributed by atoms with van der Waals surface area (Å²) in [6, 6.07) is 3.48. The molecule has 1 heterocycles. The molecule has 102 valence electrons. The number of halogens is 1. The molecule has 2 aromatic rings. The number of urea groups is 1. The van der Waals surface area contributed by atoms with Gasteiger partial charge in [-0.2, -0.15) is 0 Å². The zero-order valence-corrected chi connectivity index (χ0v) is 11.5. The number of benzene rings is 1. The number of non-ortho nitro benzene ring substituents is 1. The topological polar surface area (TPSA) is 110 Å². The normalized spacial score (nSPS) is 9.85. The predicted octanol–water partition coefficient (Wildman–Crippen LogP) is 2.79. The molecule has 0 unspecified atom stereocenters. The maximum Gasteiger partial charge on any atom is 0.324 e. The third-order valence-corrected chi connectivity index (χ3v) is 2.91. The largest absolute Gasteiger partial charge is 0.324 e. The number of hydrogen-bond acceptors (Lipinski definition) is 5. The highest BCUT2D eigenvalue weighted by atomic mass is 79.9. The molecule has 1 aromatic heterocycles. The molecule has 2 N–H and O–H groups in total. The van der Waals surface area contributed by atoms with Gasteiger partial charge in [0.05, 0.1) is 16.8 Å². The zero-order chi connectivity index (χ0) is 14.5. The summed E-state index contributed by atoms with van der Waals surface area (Å²) in [7, 11) is 0. The van der Waals surface area contributed by atoms with Crippen LogP contribution in [0.5, 0.6) is 0 Å². The summed E-state index contributed by atoms with van der Waals surface area (Å²) in [5.41, 5.74) is 0.156. The van der Waals surface area contributed by atoms with Gasteiger partial charge in [0.1, 0.15) is 0 Å². The van der Waals surface area contributed by atoms with Crippen molar-refractivity contribution in [2.45, 2.75) is 0 Å². The van der Waals surface area contributed by atoms with Crippen LogP contribution in [-0.2, 0) is 0 Å². The smallest absolute Gasteiger partial charge is 0.306 e. The van der Waals surface area contributed by atoms with Gasteiger partial charge in [0.2, 0.25) is 0 Å². The first kappa shape index (κ1) is 13.9. The van der Waals surface area contributed by atoms with Crippen LogP contribution in [0.4, 0.5) is 22.0 Å². The Morgan fingerprint density at radius 2 is 2.10 bits per heavy atom. The molecule has 9 heteroatoms. The van der Waals surface area contributed by atoms with Crippen molar-refractivity contribution >= 4 is 39.2 Å². The van der Waals surface area contributed by atoms with Crippen LogP contribution in [-0.4, -0.2) is 20.9 Å². The second-order valence-electron chi connectivity index (χ2n) is 3.59. The summed E-state index contributed by atoms with van der Waals surface area (Å²) in [6.45, 7) is 0. The Hall–Kier alpha value is -2.55. The van der Waals surface area contributed by atoms with Crippen molar-refractivity contribution in [3.8, 4) is 0 Å². The van der Waals surface area contributed by atoms with Crippen LogP contribution in [0.3, 0.4) is 0 Å². The average Bonchev–Trinajstić information content (AvgIpc) is 2.42. The number of nitro groups is 1. The first-order chi connectivity index (χ1) is 9.56. The minimum atomic E-state index is -0.577. The molecule has 0 aliphatic rings. The van der Waals surface area contributed by atoms with Gasteiger partial charge in [0, 0.05) is 29.0 Å². The molecule has 0 radical (unpaired) electrons. The third-order valence-electron chi connectivity index (χ3n) is 2.21. The van der Waals surface area contributed by atoms with E-state index in [1.807, 2.05) is 0 Å². The summed E-state index contributed by atoms with van der Waals surface area (Å²) in [5, 5.41) is 15.6. The van der Waals surface area contributed by atoms with Gasteiger partial charge in [-0.3, -0.25) is 20.4 Å². The molecule has 0 aliphatic heterocycles. The van der Waals surface area contributed by atoms with Gasteiger partial charge in [0.25, 0.3) is 5.69 Å². The molecule has 0 atom stereocenters. The SMILES string of the molecule is O=C(Nc1cnccn1)Nc1cc([N+](=O)[O-])ccc1Br. The van der Waals surface area contributed by atoms with Crippen molar-refractivity contribution in [2.75, 3.05) is 10.6 Å². The molecule has 0 bridgehead atoms. The van der Waals surface area contributed by atoms with Gasteiger partial charge in [-0.15, -0.1) is 0 Å². The zero-order valence-electron chi connectivity index (χ0n) is 9.91. The molecule has 2 rings (SSSR count). The molecule has 0 aliphatic carbocycles. The number of aromatic nitrogens is 2. The Kier molecular flexibility index (Phi) is 4.20. The van der Waals surface area contributed by atoms with E-state index in [1.165, 1.54) is 36.8 Å². The lowest BCUT2D eigenvalue weighted by molar-refractivity contribution is -0.384. The second-order valence-corrected chi connectivity index (χ2v) is 4.45. The fourth-order valence-electron chi connectivity index (χ4n) is 1.36. The minimum absolute atomic E-state index is 0.122. The fourth-order valence-corrected chi connectivity index (χ4v) is 1.70. The number of carbonyl (C=O) groups excluding carboxylic acids is 1. The van der Waals surface area contributed by atoms with E-state index in [2.05, 4.69) is 36.5 Å². The highest BCUT2D eigenvalue weighted by Gasteiger charge is 2.12. The van der Waals surface area contributed by atoms with E-state index >= 15 is 0 Å². The van der Waals surface area contributed by atoms with Crippen molar-refractivity contribution in [1.82, 2.24) is 9.97 Å². The number of rotatable bonds is 3. The predicted molar refractivity (Wildman–Crippen MR) is 75.5 cm³/mol. The summed E-state index contributed by atoms with van der Waals surface area (Å²) in [4.78, 5) is 29.5. The van der Waals surface area contributed by atoms with Crippen LogP contribution >= 0.6 is 15.9 Å². The van der Waals surface area contributed by atoms with Crippen LogP contribution in [0.25, 0.3) is 0 Å². The number of nitrogens with zero attached hydrogens (tertiary/aromatic N) is 3. The molecule has 8 nitrogen and oxygen atoms in total. The monoisotopic (exact) mass is 337 g/mol. The summed E-state index contributed by atoms with van der Waals surface area (Å²) in [5.74, 6) is 0.270. The molecule has 0 fully saturated rings. The number of hydrogen-bond donors (Lipinski definition) is 2. The van der Waals surface area contributed by atoms with E-state index in [9.17, 15) is 14.9 Å². The van der Waals surface area contributed by atoms with Gasteiger partial charge >= 0.3 is 6.03 Å². The molecule has 0 saturated carbocycles. The van der Waals surface area contributed by atoms with E-state index in [-0.39, 0.29) is 17.2 Å². The first-order valence-electron chi connectivity index (χ1n) is 5.34. The van der Waals surface area contributed by atoms with Crippen LogP contribution < -0.4 is 10.6 Å². The molecule has 1 aromatic carbocycles. The number of nitro benzene ring substituents is 1. The molecular formula is C11H8BrN5O3. The Labute approximate surface area is 121 Å². The van der Waals surface area contributed by atoms with Gasteiger partial charge in [0.15, 0.2) is 5.82 Å². The lowest BCUT2D eigenvalue weighted by Crippen LogP contribution is -2.20. The van der Waals surface area contributed by atoms with E-state index in [1.54, 1.807) is 0 Å². The van der Waals surface area contributed by atoms with E-state index in [4.69, 9.17) is 0 Å². The Morgan fingerprint density at radius 3 is 2.75 bits per heavy atom. The highest BCUT2D eigenvalue weighted by molar-refractivity contribution is 9.10. The number of anilines is 2. The molecule has 0 spiro atoms. The second kappa shape index (κ2) is 6.06. The van der Waals surface area contributed by atoms with Crippen molar-refractivity contribution in [2.24, 2.45) is 0 Å². The van der Waals surface area contributed by atoms with Gasteiger partial charge in [-0.25, -0.2) is 9.78 Å². The van der Waals surface area contributed by atoms with Crippen LogP contribution in [0, 0.1) is 10.1 Å². The third kappa shape index (κ3) is 3.48. The summed E-state index contributed by atoms with van der Waals surface area (Å²) in [6.07, 6.45) is 4.28. The van der Waals surface area contributed by atoms with Crippen molar-refractivity contribution < 1.29 is 9.72 Å². The van der Waals surface area contributed by atoms with Crippen LogP contribution in [0.2, 0.25) is 0 Å². The number of amides is 2. The molecular weight excluding hydrogens is 330 g/mol. The van der Waals surface area contributed by atoms with Crippen molar-refractivity contribution in [3.05, 3.63) is 51.4 Å². The first-order valence-corrected chi connectivity index (χ1v) is 6.13. The Bertz CT molecular complexity index is 650. The fraction of sp³-hybridized carbons (Fsp3) is 0. The minimum Gasteiger partial charge on any atom is -0.306 e. The van der Waals surface area contributed by atoms with E-state index < -0.39 is 11.0 Å². The Balaban J connectivity index is 2.11. The maximum atomic E-state index is 11.7. The van der Waals surface area contributed by atoms with E-state index in [0.717, 1.165) is 0 Å². The van der Waals surface area contributed by atoms with Crippen LogP contribution in [0.15, 0.2) is 41.3 Å². The van der Waals surface area contributed by atoms with Gasteiger partial charge < -0.3 is 5.32 Å². The Morgan fingerprint density at radius 1 is 1.30 bits per heavy atom. The maximum absolute atomic E-state index is 11.7. The van der Waals surface area contributed by atoms with Gasteiger partial charge in [-0.05, 0) is 22.0 Å². The quantitative estimate of drug-likeness (QED) is 0.660. The molecule has 20 heavy (non-hydrogen) atoms. The van der Waals surface area contributed by atoms with E-state index in [0.29, 0.717) is 4.47 Å². The van der Waals surface area contributed by atoms with Gasteiger partial charge in [-0.1, -0.05) is 0 Å². The standard InChI is InChI=1S/C11H8BrN5O3/c12-8-2-1-7(17(19)20)5-9(8)15-11(18)16-10-6-13-3-4-14-10/h1-6H,(H2,14,15,16,18). The van der Waals surface area contributed by atoms with Crippen molar-refractivity contribution in [3.63, 3.8) is 0 Å². The lowest BCUT2D eigenvalue weighted by atomic mass is 10.3.